The van der Waals surface area contributed by atoms with Crippen molar-refractivity contribution in [2.75, 3.05) is 0 Å². The van der Waals surface area contributed by atoms with Crippen molar-refractivity contribution in [2.45, 2.75) is 78.6 Å². The Morgan fingerprint density at radius 2 is 1.43 bits per heavy atom. The zero-order valence-electron chi connectivity index (χ0n) is 17.4. The first-order valence-corrected chi connectivity index (χ1v) is 10.6. The second-order valence-electron chi connectivity index (χ2n) is 7.70. The van der Waals surface area contributed by atoms with Gasteiger partial charge >= 0.3 is 5.97 Å². The number of esters is 1. The lowest BCUT2D eigenvalue weighted by Crippen LogP contribution is -2.27. The van der Waals surface area contributed by atoms with Crippen LogP contribution in [0.5, 0.6) is 0 Å². The number of hydrogen-bond donors (Lipinski definition) is 0. The first-order valence-electron chi connectivity index (χ1n) is 10.6. The van der Waals surface area contributed by atoms with Gasteiger partial charge in [-0.3, -0.25) is 14.4 Å². The third-order valence-electron chi connectivity index (χ3n) is 5.34. The van der Waals surface area contributed by atoms with Crippen LogP contribution < -0.4 is 0 Å². The van der Waals surface area contributed by atoms with Crippen LogP contribution in [0.1, 0.15) is 99.3 Å². The van der Waals surface area contributed by atoms with E-state index in [1.807, 2.05) is 6.92 Å². The number of fused-ring (bicyclic) bond motifs is 1. The Balaban J connectivity index is 2.04. The molecule has 0 saturated carbocycles. The van der Waals surface area contributed by atoms with E-state index in [1.54, 1.807) is 24.3 Å². The largest absolute Gasteiger partial charge is 0.422 e. The molecule has 1 aromatic rings. The Bertz CT molecular complexity index is 745. The molecule has 2 rings (SSSR count). The van der Waals surface area contributed by atoms with E-state index in [0.717, 1.165) is 19.3 Å². The minimum atomic E-state index is -0.577. The maximum atomic E-state index is 13.0. The predicted octanol–water partition coefficient (Wildman–Crippen LogP) is 6.05. The van der Waals surface area contributed by atoms with Gasteiger partial charge in [-0.25, -0.2) is 0 Å². The van der Waals surface area contributed by atoms with Gasteiger partial charge in [-0.15, -0.1) is 0 Å². The predicted molar refractivity (Wildman–Crippen MR) is 110 cm³/mol. The zero-order chi connectivity index (χ0) is 20.5. The summed E-state index contributed by atoms with van der Waals surface area (Å²) in [6.07, 6.45) is 10.5. The summed E-state index contributed by atoms with van der Waals surface area (Å²) in [6, 6.07) is 6.74. The van der Waals surface area contributed by atoms with Gasteiger partial charge in [0.15, 0.2) is 11.5 Å². The number of rotatable bonds is 11. The first-order chi connectivity index (χ1) is 13.5. The van der Waals surface area contributed by atoms with Gasteiger partial charge in [0.25, 0.3) is 0 Å². The van der Waals surface area contributed by atoms with Gasteiger partial charge in [0.05, 0.1) is 0 Å². The normalized spacial score (nSPS) is 14.8. The van der Waals surface area contributed by atoms with E-state index in [0.29, 0.717) is 16.7 Å². The molecule has 1 aromatic carbocycles. The Labute approximate surface area is 168 Å². The second-order valence-corrected chi connectivity index (χ2v) is 7.70. The van der Waals surface area contributed by atoms with Crippen LogP contribution >= 0.6 is 0 Å². The Morgan fingerprint density at radius 3 is 2.00 bits per heavy atom. The van der Waals surface area contributed by atoms with E-state index in [4.69, 9.17) is 4.74 Å². The van der Waals surface area contributed by atoms with Gasteiger partial charge in [-0.2, -0.15) is 0 Å². The molecule has 0 saturated heterocycles. The maximum absolute atomic E-state index is 13.0. The highest BCUT2D eigenvalue weighted by molar-refractivity contribution is 6.26. The minimum absolute atomic E-state index is 0.0803. The first kappa shape index (κ1) is 22.1. The van der Waals surface area contributed by atoms with Crippen LogP contribution in [0.4, 0.5) is 0 Å². The SMILES string of the molecule is CCCCCCCCCCC(C)C1=C(OC(C)=O)C(=O)c2ccccc2C1=O. The van der Waals surface area contributed by atoms with Crippen molar-refractivity contribution in [2.24, 2.45) is 5.92 Å². The minimum Gasteiger partial charge on any atom is -0.422 e. The molecule has 0 heterocycles. The van der Waals surface area contributed by atoms with Gasteiger partial charge in [-0.1, -0.05) is 89.5 Å². The zero-order valence-corrected chi connectivity index (χ0v) is 17.4. The summed E-state index contributed by atoms with van der Waals surface area (Å²) in [6.45, 7) is 5.42. The molecular formula is C24H32O4. The number of allylic oxidation sites excluding steroid dienone is 2. The molecule has 0 aliphatic heterocycles. The highest BCUT2D eigenvalue weighted by atomic mass is 16.5. The summed E-state index contributed by atoms with van der Waals surface area (Å²) < 4.78 is 5.22. The third kappa shape index (κ3) is 5.63. The molecule has 152 valence electrons. The standard InChI is InChI=1S/C24H32O4/c1-4-5-6-7-8-9-10-11-14-17(2)21-22(26)19-15-12-13-16-20(19)23(27)24(21)28-18(3)25/h12-13,15-17H,4-11,14H2,1-3H3. The van der Waals surface area contributed by atoms with Crippen LogP contribution in [-0.4, -0.2) is 17.5 Å². The summed E-state index contributed by atoms with van der Waals surface area (Å²) >= 11 is 0. The molecule has 1 aliphatic rings. The molecule has 4 heteroatoms. The molecule has 1 aliphatic carbocycles. The summed E-state index contributed by atoms with van der Waals surface area (Å²) in [5, 5.41) is 0. The van der Waals surface area contributed by atoms with Crippen molar-refractivity contribution in [1.29, 1.82) is 0 Å². The molecule has 0 fully saturated rings. The highest BCUT2D eigenvalue weighted by Crippen LogP contribution is 2.33. The van der Waals surface area contributed by atoms with Crippen molar-refractivity contribution in [3.05, 3.63) is 46.7 Å². The number of benzene rings is 1. The molecular weight excluding hydrogens is 352 g/mol. The second kappa shape index (κ2) is 10.9. The highest BCUT2D eigenvalue weighted by Gasteiger charge is 2.36. The molecule has 0 aromatic heterocycles. The summed E-state index contributed by atoms with van der Waals surface area (Å²) in [7, 11) is 0. The summed E-state index contributed by atoms with van der Waals surface area (Å²) in [5.41, 5.74) is 1.06. The van der Waals surface area contributed by atoms with Crippen LogP contribution in [0, 0.1) is 5.92 Å². The van der Waals surface area contributed by atoms with Gasteiger partial charge < -0.3 is 4.74 Å². The number of Topliss-reactive ketones (excluding diaryl/α,β-unsaturated/α-hetero) is 2. The number of carbonyl (C=O) groups excluding carboxylic acids is 3. The maximum Gasteiger partial charge on any atom is 0.308 e. The van der Waals surface area contributed by atoms with Gasteiger partial charge in [-0.05, 0) is 12.3 Å². The van der Waals surface area contributed by atoms with E-state index in [2.05, 4.69) is 6.92 Å². The van der Waals surface area contributed by atoms with Gasteiger partial charge in [0, 0.05) is 23.6 Å². The van der Waals surface area contributed by atoms with Crippen LogP contribution in [-0.2, 0) is 9.53 Å². The van der Waals surface area contributed by atoms with Crippen molar-refractivity contribution in [1.82, 2.24) is 0 Å². The van der Waals surface area contributed by atoms with Gasteiger partial charge in [0.2, 0.25) is 5.78 Å². The van der Waals surface area contributed by atoms with Crippen molar-refractivity contribution in [3.63, 3.8) is 0 Å². The van der Waals surface area contributed by atoms with E-state index in [9.17, 15) is 14.4 Å². The fraction of sp³-hybridized carbons (Fsp3) is 0.542. The molecule has 1 atom stereocenters. The number of unbranched alkanes of at least 4 members (excludes halogenated alkanes) is 7. The van der Waals surface area contributed by atoms with Crippen LogP contribution in [0.25, 0.3) is 0 Å². The number of carbonyl (C=O) groups is 3. The van der Waals surface area contributed by atoms with Crippen molar-refractivity contribution >= 4 is 17.5 Å². The van der Waals surface area contributed by atoms with E-state index in [-0.39, 0.29) is 23.2 Å². The van der Waals surface area contributed by atoms with E-state index >= 15 is 0 Å². The number of ether oxygens (including phenoxy) is 1. The lowest BCUT2D eigenvalue weighted by atomic mass is 9.81. The Morgan fingerprint density at radius 1 is 0.893 bits per heavy atom. The molecule has 0 radical (unpaired) electrons. The topological polar surface area (TPSA) is 60.4 Å². The molecule has 0 spiro atoms. The van der Waals surface area contributed by atoms with E-state index in [1.165, 1.54) is 45.4 Å². The van der Waals surface area contributed by atoms with Crippen LogP contribution in [0.2, 0.25) is 0 Å². The smallest absolute Gasteiger partial charge is 0.308 e. The van der Waals surface area contributed by atoms with Crippen molar-refractivity contribution < 1.29 is 19.1 Å². The molecule has 0 amide bonds. The summed E-state index contributed by atoms with van der Waals surface area (Å²) in [5.74, 6) is -1.35. The lowest BCUT2D eigenvalue weighted by molar-refractivity contribution is -0.136. The fourth-order valence-electron chi connectivity index (χ4n) is 3.79. The molecule has 1 unspecified atom stereocenters. The van der Waals surface area contributed by atoms with Crippen LogP contribution in [0.15, 0.2) is 35.6 Å². The molecule has 28 heavy (non-hydrogen) atoms. The molecule has 0 bridgehead atoms. The lowest BCUT2D eigenvalue weighted by Gasteiger charge is -2.24. The monoisotopic (exact) mass is 384 g/mol. The number of ketones is 2. The van der Waals surface area contributed by atoms with E-state index < -0.39 is 5.97 Å². The fourth-order valence-corrected chi connectivity index (χ4v) is 3.79. The third-order valence-corrected chi connectivity index (χ3v) is 5.34. The quantitative estimate of drug-likeness (QED) is 0.344. The Hall–Kier alpha value is -2.23. The molecule has 0 N–H and O–H groups in total. The van der Waals surface area contributed by atoms with Crippen LogP contribution in [0.3, 0.4) is 0 Å². The average molecular weight is 385 g/mol. The van der Waals surface area contributed by atoms with Gasteiger partial charge in [0.1, 0.15) is 0 Å². The average Bonchev–Trinajstić information content (AvgIpc) is 2.67. The Kier molecular flexibility index (Phi) is 8.62. The number of hydrogen-bond acceptors (Lipinski definition) is 4. The molecule has 4 nitrogen and oxygen atoms in total. The summed E-state index contributed by atoms with van der Waals surface area (Å²) in [4.78, 5) is 37.4. The van der Waals surface area contributed by atoms with Crippen molar-refractivity contribution in [3.8, 4) is 0 Å².